The zero-order valence-electron chi connectivity index (χ0n) is 16.1. The molecule has 0 spiro atoms. The summed E-state index contributed by atoms with van der Waals surface area (Å²) in [6.07, 6.45) is 7.69. The first-order chi connectivity index (χ1) is 13.8. The van der Waals surface area contributed by atoms with Crippen molar-refractivity contribution in [2.24, 2.45) is 5.92 Å². The first-order valence-corrected chi connectivity index (χ1v) is 10.5. The van der Waals surface area contributed by atoms with Crippen LogP contribution in [0.1, 0.15) is 53.9 Å². The SMILES string of the molecule is O=C(c1ccnc2ccccc12)N1CC[C@H](c2ccccc2)[C@H]2CCCC[C@H]21. The minimum Gasteiger partial charge on any atom is -0.335 e. The summed E-state index contributed by atoms with van der Waals surface area (Å²) >= 11 is 0. The van der Waals surface area contributed by atoms with Crippen molar-refractivity contribution in [3.05, 3.63) is 78.0 Å². The number of piperidine rings is 1. The minimum atomic E-state index is 0.182. The molecule has 142 valence electrons. The third kappa shape index (κ3) is 2.99. The Hall–Kier alpha value is -2.68. The normalized spacial score (nSPS) is 24.7. The van der Waals surface area contributed by atoms with E-state index in [4.69, 9.17) is 0 Å². The second-order valence-electron chi connectivity index (χ2n) is 8.20. The third-order valence-electron chi connectivity index (χ3n) is 6.75. The second kappa shape index (κ2) is 7.38. The second-order valence-corrected chi connectivity index (χ2v) is 8.20. The monoisotopic (exact) mass is 370 g/mol. The lowest BCUT2D eigenvalue weighted by Gasteiger charge is -2.48. The van der Waals surface area contributed by atoms with Crippen molar-refractivity contribution in [2.75, 3.05) is 6.54 Å². The molecular formula is C25H26N2O. The lowest BCUT2D eigenvalue weighted by Crippen LogP contribution is -2.52. The molecule has 28 heavy (non-hydrogen) atoms. The van der Waals surface area contributed by atoms with Crippen LogP contribution in [0.4, 0.5) is 0 Å². The van der Waals surface area contributed by atoms with Crippen LogP contribution in [0.5, 0.6) is 0 Å². The van der Waals surface area contributed by atoms with Gasteiger partial charge >= 0.3 is 0 Å². The number of nitrogens with zero attached hydrogens (tertiary/aromatic N) is 2. The largest absolute Gasteiger partial charge is 0.335 e. The smallest absolute Gasteiger partial charge is 0.254 e. The third-order valence-corrected chi connectivity index (χ3v) is 6.75. The number of benzene rings is 2. The van der Waals surface area contributed by atoms with Gasteiger partial charge in [0.1, 0.15) is 0 Å². The number of hydrogen-bond donors (Lipinski definition) is 0. The fraction of sp³-hybridized carbons (Fsp3) is 0.360. The molecule has 0 unspecified atom stereocenters. The van der Waals surface area contributed by atoms with Gasteiger partial charge in [-0.1, -0.05) is 61.4 Å². The molecule has 1 saturated heterocycles. The van der Waals surface area contributed by atoms with Gasteiger partial charge in [-0.3, -0.25) is 9.78 Å². The van der Waals surface area contributed by atoms with Crippen molar-refractivity contribution >= 4 is 16.8 Å². The summed E-state index contributed by atoms with van der Waals surface area (Å²) in [5, 5.41) is 0.965. The van der Waals surface area contributed by atoms with Gasteiger partial charge in [0.15, 0.2) is 0 Å². The molecule has 2 fully saturated rings. The number of hydrogen-bond acceptors (Lipinski definition) is 2. The topological polar surface area (TPSA) is 33.2 Å². The van der Waals surface area contributed by atoms with E-state index in [2.05, 4.69) is 40.2 Å². The highest BCUT2D eigenvalue weighted by Gasteiger charge is 2.42. The van der Waals surface area contributed by atoms with E-state index in [9.17, 15) is 4.79 Å². The Morgan fingerprint density at radius 2 is 1.68 bits per heavy atom. The molecule has 0 bridgehead atoms. The lowest BCUT2D eigenvalue weighted by molar-refractivity contribution is 0.0321. The number of fused-ring (bicyclic) bond motifs is 2. The summed E-state index contributed by atoms with van der Waals surface area (Å²) < 4.78 is 0. The van der Waals surface area contributed by atoms with Crippen LogP contribution in [0.15, 0.2) is 66.9 Å². The highest BCUT2D eigenvalue weighted by molar-refractivity contribution is 6.06. The molecule has 0 radical (unpaired) electrons. The molecule has 0 N–H and O–H groups in total. The Morgan fingerprint density at radius 1 is 0.893 bits per heavy atom. The van der Waals surface area contributed by atoms with Gasteiger partial charge < -0.3 is 4.90 Å². The number of para-hydroxylation sites is 1. The van der Waals surface area contributed by atoms with Gasteiger partial charge in [0.2, 0.25) is 0 Å². The van der Waals surface area contributed by atoms with Crippen LogP contribution in [0.3, 0.4) is 0 Å². The summed E-state index contributed by atoms with van der Waals surface area (Å²) in [7, 11) is 0. The van der Waals surface area contributed by atoms with Gasteiger partial charge in [-0.15, -0.1) is 0 Å². The Balaban J connectivity index is 1.48. The van der Waals surface area contributed by atoms with E-state index in [1.807, 2.05) is 30.3 Å². The van der Waals surface area contributed by atoms with Gasteiger partial charge in [0.25, 0.3) is 5.91 Å². The summed E-state index contributed by atoms with van der Waals surface area (Å²) in [4.78, 5) is 20.2. The number of carbonyl (C=O) groups is 1. The van der Waals surface area contributed by atoms with Gasteiger partial charge in [-0.2, -0.15) is 0 Å². The molecule has 3 aromatic rings. The summed E-state index contributed by atoms with van der Waals surface area (Å²) in [6.45, 7) is 0.843. The van der Waals surface area contributed by atoms with E-state index in [0.717, 1.165) is 35.9 Å². The maximum atomic E-state index is 13.6. The first kappa shape index (κ1) is 17.4. The van der Waals surface area contributed by atoms with Gasteiger partial charge in [-0.25, -0.2) is 0 Å². The van der Waals surface area contributed by atoms with Gasteiger partial charge in [0, 0.05) is 24.2 Å². The van der Waals surface area contributed by atoms with Crippen molar-refractivity contribution in [2.45, 2.75) is 44.1 Å². The van der Waals surface area contributed by atoms with Crippen LogP contribution < -0.4 is 0 Å². The van der Waals surface area contributed by atoms with E-state index in [0.29, 0.717) is 17.9 Å². The molecule has 1 aliphatic heterocycles. The predicted octanol–water partition coefficient (Wildman–Crippen LogP) is 5.42. The van der Waals surface area contributed by atoms with Crippen molar-refractivity contribution in [1.29, 1.82) is 0 Å². The molecule has 3 nitrogen and oxygen atoms in total. The number of amides is 1. The van der Waals surface area contributed by atoms with Crippen LogP contribution in [0.25, 0.3) is 10.9 Å². The average Bonchev–Trinajstić information content (AvgIpc) is 2.78. The quantitative estimate of drug-likeness (QED) is 0.603. The Morgan fingerprint density at radius 3 is 2.57 bits per heavy atom. The van der Waals surface area contributed by atoms with Crippen molar-refractivity contribution in [3.8, 4) is 0 Å². The van der Waals surface area contributed by atoms with Crippen LogP contribution in [0, 0.1) is 5.92 Å². The van der Waals surface area contributed by atoms with Crippen LogP contribution in [0.2, 0.25) is 0 Å². The standard InChI is InChI=1S/C25H26N2O/c28-25(22-14-16-26-23-12-6-4-10-20(22)23)27-17-15-19(18-8-2-1-3-9-18)21-11-5-7-13-24(21)27/h1-4,6,8-10,12,14,16,19,21,24H,5,7,11,13,15,17H2/t19-,21-,24-/m1/s1. The highest BCUT2D eigenvalue weighted by atomic mass is 16.2. The Kier molecular flexibility index (Phi) is 4.59. The van der Waals surface area contributed by atoms with E-state index >= 15 is 0 Å². The van der Waals surface area contributed by atoms with E-state index in [1.165, 1.54) is 24.8 Å². The number of pyridine rings is 1. The molecule has 5 rings (SSSR count). The van der Waals surface area contributed by atoms with E-state index in [1.54, 1.807) is 6.20 Å². The van der Waals surface area contributed by atoms with Crippen molar-refractivity contribution in [1.82, 2.24) is 9.88 Å². The molecule has 1 saturated carbocycles. The maximum Gasteiger partial charge on any atom is 0.254 e. The first-order valence-electron chi connectivity index (χ1n) is 10.5. The van der Waals surface area contributed by atoms with Crippen molar-refractivity contribution < 1.29 is 4.79 Å². The zero-order chi connectivity index (χ0) is 18.9. The van der Waals surface area contributed by atoms with Crippen LogP contribution >= 0.6 is 0 Å². The minimum absolute atomic E-state index is 0.182. The lowest BCUT2D eigenvalue weighted by atomic mass is 9.69. The predicted molar refractivity (Wildman–Crippen MR) is 112 cm³/mol. The summed E-state index contributed by atoms with van der Waals surface area (Å²) in [5.41, 5.74) is 3.14. The highest BCUT2D eigenvalue weighted by Crippen LogP contribution is 2.44. The molecular weight excluding hydrogens is 344 g/mol. The summed E-state index contributed by atoms with van der Waals surface area (Å²) in [5.74, 6) is 1.33. The fourth-order valence-corrected chi connectivity index (χ4v) is 5.46. The molecule has 3 heteroatoms. The number of rotatable bonds is 2. The fourth-order valence-electron chi connectivity index (χ4n) is 5.46. The molecule has 1 aliphatic carbocycles. The Bertz CT molecular complexity index is 979. The molecule has 3 atom stereocenters. The number of aromatic nitrogens is 1. The molecule has 1 amide bonds. The van der Waals surface area contributed by atoms with Crippen LogP contribution in [-0.2, 0) is 0 Å². The van der Waals surface area contributed by atoms with Gasteiger partial charge in [0.05, 0.1) is 11.1 Å². The summed E-state index contributed by atoms with van der Waals surface area (Å²) in [6, 6.07) is 21.1. The maximum absolute atomic E-state index is 13.6. The molecule has 1 aromatic heterocycles. The van der Waals surface area contributed by atoms with E-state index in [-0.39, 0.29) is 5.91 Å². The molecule has 2 heterocycles. The van der Waals surface area contributed by atoms with Gasteiger partial charge in [-0.05, 0) is 48.8 Å². The zero-order valence-corrected chi connectivity index (χ0v) is 16.1. The number of carbonyl (C=O) groups excluding carboxylic acids is 1. The van der Waals surface area contributed by atoms with E-state index < -0.39 is 0 Å². The number of likely N-dealkylation sites (tertiary alicyclic amines) is 1. The molecule has 2 aromatic carbocycles. The molecule has 2 aliphatic rings. The Labute approximate surface area is 166 Å². The van der Waals surface area contributed by atoms with Crippen molar-refractivity contribution in [3.63, 3.8) is 0 Å². The average molecular weight is 370 g/mol. The van der Waals surface area contributed by atoms with Crippen LogP contribution in [-0.4, -0.2) is 28.4 Å².